The Labute approximate surface area is 101 Å². The predicted molar refractivity (Wildman–Crippen MR) is 68.0 cm³/mol. The Morgan fingerprint density at radius 3 is 2.13 bits per heavy atom. The molecule has 0 amide bonds. The molecule has 0 spiro atoms. The van der Waals surface area contributed by atoms with Gasteiger partial charge in [-0.3, -0.25) is 4.90 Å². The Bertz CT molecular complexity index is 323. The van der Waals surface area contributed by atoms with Gasteiger partial charge in [0.15, 0.2) is 0 Å². The van der Waals surface area contributed by atoms with Crippen LogP contribution in [-0.4, -0.2) is 18.0 Å². The van der Waals surface area contributed by atoms with Gasteiger partial charge in [-0.15, -0.1) is 0 Å². The van der Waals surface area contributed by atoms with E-state index in [2.05, 4.69) is 58.9 Å². The van der Waals surface area contributed by atoms with Crippen LogP contribution in [-0.2, 0) is 5.54 Å². The zero-order chi connectivity index (χ0) is 10.9. The van der Waals surface area contributed by atoms with Crippen molar-refractivity contribution in [3.63, 3.8) is 0 Å². The molecule has 0 bridgehead atoms. The quantitative estimate of drug-likeness (QED) is 0.789. The van der Waals surface area contributed by atoms with Gasteiger partial charge < -0.3 is 0 Å². The standard InChI is InChI=1S/C13H18BrN/c1-13(2,15-9-3-4-10-15)11-5-7-12(14)8-6-11/h5-8H,3-4,9-10H2,1-2H3. The summed E-state index contributed by atoms with van der Waals surface area (Å²) in [5.41, 5.74) is 1.59. The van der Waals surface area contributed by atoms with E-state index in [0.717, 1.165) is 4.47 Å². The highest BCUT2D eigenvalue weighted by molar-refractivity contribution is 9.10. The molecule has 0 N–H and O–H groups in total. The predicted octanol–water partition coefficient (Wildman–Crippen LogP) is 3.78. The highest BCUT2D eigenvalue weighted by Crippen LogP contribution is 2.31. The first kappa shape index (κ1) is 11.2. The molecule has 1 aliphatic heterocycles. The van der Waals surface area contributed by atoms with Crippen molar-refractivity contribution >= 4 is 15.9 Å². The van der Waals surface area contributed by atoms with E-state index < -0.39 is 0 Å². The van der Waals surface area contributed by atoms with Crippen LogP contribution in [0.4, 0.5) is 0 Å². The number of nitrogens with zero attached hydrogens (tertiary/aromatic N) is 1. The van der Waals surface area contributed by atoms with Gasteiger partial charge >= 0.3 is 0 Å². The Balaban J connectivity index is 2.23. The first-order valence-electron chi connectivity index (χ1n) is 5.62. The van der Waals surface area contributed by atoms with Gasteiger partial charge in [0.05, 0.1) is 0 Å². The smallest absolute Gasteiger partial charge is 0.0404 e. The maximum atomic E-state index is 3.48. The maximum Gasteiger partial charge on any atom is 0.0404 e. The molecule has 0 aliphatic carbocycles. The van der Waals surface area contributed by atoms with Crippen molar-refractivity contribution in [2.45, 2.75) is 32.2 Å². The lowest BCUT2D eigenvalue weighted by atomic mass is 9.93. The van der Waals surface area contributed by atoms with Crippen molar-refractivity contribution in [3.8, 4) is 0 Å². The Morgan fingerprint density at radius 2 is 1.60 bits per heavy atom. The molecule has 1 aromatic carbocycles. The average molecular weight is 268 g/mol. The van der Waals surface area contributed by atoms with Crippen LogP contribution in [0.5, 0.6) is 0 Å². The third kappa shape index (κ3) is 2.26. The van der Waals surface area contributed by atoms with Crippen molar-refractivity contribution in [2.24, 2.45) is 0 Å². The van der Waals surface area contributed by atoms with Crippen LogP contribution in [0.3, 0.4) is 0 Å². The minimum absolute atomic E-state index is 0.178. The average Bonchev–Trinajstić information content (AvgIpc) is 2.71. The summed E-state index contributed by atoms with van der Waals surface area (Å²) < 4.78 is 1.16. The van der Waals surface area contributed by atoms with Crippen LogP contribution in [0.2, 0.25) is 0 Å². The van der Waals surface area contributed by atoms with Crippen LogP contribution in [0.15, 0.2) is 28.7 Å². The summed E-state index contributed by atoms with van der Waals surface area (Å²) in [6, 6.07) is 8.71. The van der Waals surface area contributed by atoms with Crippen LogP contribution >= 0.6 is 15.9 Å². The SMILES string of the molecule is CC(C)(c1ccc(Br)cc1)N1CCCC1. The molecule has 1 aliphatic rings. The fourth-order valence-electron chi connectivity index (χ4n) is 2.32. The van der Waals surface area contributed by atoms with Crippen molar-refractivity contribution in [2.75, 3.05) is 13.1 Å². The van der Waals surface area contributed by atoms with E-state index in [0.29, 0.717) is 0 Å². The fourth-order valence-corrected chi connectivity index (χ4v) is 2.58. The molecular weight excluding hydrogens is 250 g/mol. The Hall–Kier alpha value is -0.340. The first-order valence-corrected chi connectivity index (χ1v) is 6.41. The van der Waals surface area contributed by atoms with Crippen LogP contribution in [0.1, 0.15) is 32.3 Å². The second-order valence-corrected chi connectivity index (χ2v) is 5.68. The number of hydrogen-bond acceptors (Lipinski definition) is 1. The molecule has 0 unspecified atom stereocenters. The van der Waals surface area contributed by atoms with E-state index >= 15 is 0 Å². The van der Waals surface area contributed by atoms with Gasteiger partial charge in [-0.2, -0.15) is 0 Å². The number of rotatable bonds is 2. The van der Waals surface area contributed by atoms with Crippen LogP contribution < -0.4 is 0 Å². The largest absolute Gasteiger partial charge is 0.294 e. The van der Waals surface area contributed by atoms with Crippen molar-refractivity contribution in [3.05, 3.63) is 34.3 Å². The summed E-state index contributed by atoms with van der Waals surface area (Å²) in [4.78, 5) is 2.58. The van der Waals surface area contributed by atoms with Crippen LogP contribution in [0, 0.1) is 0 Å². The van der Waals surface area contributed by atoms with Crippen molar-refractivity contribution in [1.29, 1.82) is 0 Å². The van der Waals surface area contributed by atoms with Gasteiger partial charge in [0.25, 0.3) is 0 Å². The molecule has 2 rings (SSSR count). The molecule has 1 aromatic rings. The highest BCUT2D eigenvalue weighted by atomic mass is 79.9. The summed E-state index contributed by atoms with van der Waals surface area (Å²) in [5, 5.41) is 0. The van der Waals surface area contributed by atoms with Gasteiger partial charge in [0.2, 0.25) is 0 Å². The normalized spacial score (nSPS) is 18.3. The number of likely N-dealkylation sites (tertiary alicyclic amines) is 1. The summed E-state index contributed by atoms with van der Waals surface area (Å²) in [6.07, 6.45) is 2.69. The van der Waals surface area contributed by atoms with Crippen LogP contribution in [0.25, 0.3) is 0 Å². The van der Waals surface area contributed by atoms with E-state index in [9.17, 15) is 0 Å². The monoisotopic (exact) mass is 267 g/mol. The lowest BCUT2D eigenvalue weighted by Gasteiger charge is -2.36. The molecule has 82 valence electrons. The van der Waals surface area contributed by atoms with Gasteiger partial charge in [-0.25, -0.2) is 0 Å². The minimum atomic E-state index is 0.178. The number of benzene rings is 1. The summed E-state index contributed by atoms with van der Waals surface area (Å²) in [6.45, 7) is 7.12. The third-order valence-electron chi connectivity index (χ3n) is 3.45. The molecule has 1 saturated heterocycles. The maximum absolute atomic E-state index is 3.48. The summed E-state index contributed by atoms with van der Waals surface area (Å²) in [7, 11) is 0. The summed E-state index contributed by atoms with van der Waals surface area (Å²) >= 11 is 3.48. The van der Waals surface area contributed by atoms with E-state index in [1.807, 2.05) is 0 Å². The molecule has 15 heavy (non-hydrogen) atoms. The van der Waals surface area contributed by atoms with Crippen molar-refractivity contribution in [1.82, 2.24) is 4.90 Å². The Morgan fingerprint density at radius 1 is 1.07 bits per heavy atom. The minimum Gasteiger partial charge on any atom is -0.294 e. The molecule has 0 radical (unpaired) electrons. The zero-order valence-corrected chi connectivity index (χ0v) is 11.0. The molecule has 0 aromatic heterocycles. The molecule has 1 nitrogen and oxygen atoms in total. The highest BCUT2D eigenvalue weighted by Gasteiger charge is 2.30. The van der Waals surface area contributed by atoms with E-state index in [4.69, 9.17) is 0 Å². The lowest BCUT2D eigenvalue weighted by molar-refractivity contribution is 0.155. The number of hydrogen-bond donors (Lipinski definition) is 0. The van der Waals surface area contributed by atoms with Crippen molar-refractivity contribution < 1.29 is 0 Å². The van der Waals surface area contributed by atoms with Gasteiger partial charge in [0.1, 0.15) is 0 Å². The molecular formula is C13H18BrN. The third-order valence-corrected chi connectivity index (χ3v) is 3.98. The van der Waals surface area contributed by atoms with Gasteiger partial charge in [-0.05, 0) is 57.5 Å². The molecule has 2 heteroatoms. The van der Waals surface area contributed by atoms with E-state index in [1.54, 1.807) is 0 Å². The second-order valence-electron chi connectivity index (χ2n) is 4.76. The van der Waals surface area contributed by atoms with Gasteiger partial charge in [-0.1, -0.05) is 28.1 Å². The molecule has 1 fully saturated rings. The summed E-state index contributed by atoms with van der Waals surface area (Å²) in [5.74, 6) is 0. The molecule has 0 saturated carbocycles. The first-order chi connectivity index (χ1) is 7.10. The zero-order valence-electron chi connectivity index (χ0n) is 9.46. The molecule has 1 heterocycles. The Kier molecular flexibility index (Phi) is 3.17. The van der Waals surface area contributed by atoms with Gasteiger partial charge in [0, 0.05) is 10.0 Å². The topological polar surface area (TPSA) is 3.24 Å². The second kappa shape index (κ2) is 4.26. The lowest BCUT2D eigenvalue weighted by Crippen LogP contribution is -2.39. The van der Waals surface area contributed by atoms with E-state index in [-0.39, 0.29) is 5.54 Å². The molecule has 0 atom stereocenters. The van der Waals surface area contributed by atoms with E-state index in [1.165, 1.54) is 31.5 Å². The fraction of sp³-hybridized carbons (Fsp3) is 0.538. The number of halogens is 1.